The van der Waals surface area contributed by atoms with Gasteiger partial charge in [0.2, 0.25) is 0 Å². The lowest BCUT2D eigenvalue weighted by molar-refractivity contribution is 0.102. The molecule has 1 amide bonds. The molecule has 1 N–H and O–H groups in total. The van der Waals surface area contributed by atoms with Gasteiger partial charge in [-0.2, -0.15) is 0 Å². The number of nitrogens with one attached hydrogen (secondary N) is 1. The molecule has 10 nitrogen and oxygen atoms in total. The standard InChI is InChI=1S/C24H24N4O6S/c1-28(2)23-13-25-22(12-26-23)27-24(29)15-9-20(19-11-17(14-32-3)34-21(19)10-15)33-16-5-7-18(8-6-16)35(4,30)31/h5-13H,14H2,1-4H3,(H,25,27,29). The molecule has 0 bridgehead atoms. The Morgan fingerprint density at radius 2 is 1.83 bits per heavy atom. The fourth-order valence-corrected chi connectivity index (χ4v) is 3.91. The van der Waals surface area contributed by atoms with Crippen molar-refractivity contribution in [2.24, 2.45) is 0 Å². The highest BCUT2D eigenvalue weighted by Gasteiger charge is 2.17. The number of sulfone groups is 1. The van der Waals surface area contributed by atoms with E-state index >= 15 is 0 Å². The number of amides is 1. The van der Waals surface area contributed by atoms with Crippen molar-refractivity contribution in [3.8, 4) is 11.5 Å². The van der Waals surface area contributed by atoms with E-state index in [1.54, 1.807) is 48.5 Å². The minimum absolute atomic E-state index is 0.176. The zero-order valence-electron chi connectivity index (χ0n) is 19.6. The maximum atomic E-state index is 13.0. The van der Waals surface area contributed by atoms with E-state index < -0.39 is 15.7 Å². The first-order valence-electron chi connectivity index (χ1n) is 10.5. The average molecular weight is 497 g/mol. The zero-order valence-corrected chi connectivity index (χ0v) is 20.4. The van der Waals surface area contributed by atoms with Crippen molar-refractivity contribution in [3.05, 3.63) is 66.2 Å². The largest absolute Gasteiger partial charge is 0.458 e. The number of fused-ring (bicyclic) bond motifs is 1. The van der Waals surface area contributed by atoms with Crippen LogP contribution in [-0.4, -0.2) is 51.8 Å². The van der Waals surface area contributed by atoms with Gasteiger partial charge in [0.05, 0.1) is 22.7 Å². The van der Waals surface area contributed by atoms with Crippen LogP contribution in [-0.2, 0) is 21.2 Å². The predicted octanol–water partition coefficient (Wildman–Crippen LogP) is 3.88. The van der Waals surface area contributed by atoms with Crippen LogP contribution in [0.5, 0.6) is 11.5 Å². The number of benzene rings is 2. The van der Waals surface area contributed by atoms with Gasteiger partial charge in [0.1, 0.15) is 35.3 Å². The van der Waals surface area contributed by atoms with Gasteiger partial charge in [-0.05, 0) is 42.5 Å². The summed E-state index contributed by atoms with van der Waals surface area (Å²) in [6.45, 7) is 0.243. The Labute approximate surface area is 202 Å². The maximum Gasteiger partial charge on any atom is 0.257 e. The molecule has 0 saturated carbocycles. The Bertz CT molecular complexity index is 1460. The van der Waals surface area contributed by atoms with Crippen molar-refractivity contribution in [3.63, 3.8) is 0 Å². The van der Waals surface area contributed by atoms with Crippen LogP contribution >= 0.6 is 0 Å². The molecule has 0 aliphatic rings. The van der Waals surface area contributed by atoms with Gasteiger partial charge in [-0.15, -0.1) is 0 Å². The molecular weight excluding hydrogens is 472 g/mol. The van der Waals surface area contributed by atoms with E-state index in [0.717, 1.165) is 6.26 Å². The highest BCUT2D eigenvalue weighted by Crippen LogP contribution is 2.34. The van der Waals surface area contributed by atoms with Gasteiger partial charge in [-0.1, -0.05) is 0 Å². The van der Waals surface area contributed by atoms with Gasteiger partial charge in [-0.3, -0.25) is 4.79 Å². The van der Waals surface area contributed by atoms with Crippen molar-refractivity contribution in [1.29, 1.82) is 0 Å². The van der Waals surface area contributed by atoms with Crippen LogP contribution in [0.15, 0.2) is 64.2 Å². The highest BCUT2D eigenvalue weighted by atomic mass is 32.2. The number of carbonyl (C=O) groups is 1. The summed E-state index contributed by atoms with van der Waals surface area (Å²) in [6.07, 6.45) is 4.16. The van der Waals surface area contributed by atoms with E-state index in [4.69, 9.17) is 13.9 Å². The minimum Gasteiger partial charge on any atom is -0.458 e. The Balaban J connectivity index is 1.67. The monoisotopic (exact) mass is 496 g/mol. The fraction of sp³-hybridized carbons (Fsp3) is 0.208. The lowest BCUT2D eigenvalue weighted by Gasteiger charge is -2.12. The van der Waals surface area contributed by atoms with Gasteiger partial charge in [0.25, 0.3) is 5.91 Å². The van der Waals surface area contributed by atoms with E-state index in [0.29, 0.717) is 39.9 Å². The Kier molecular flexibility index (Phi) is 6.72. The van der Waals surface area contributed by atoms with Crippen molar-refractivity contribution < 1.29 is 27.1 Å². The van der Waals surface area contributed by atoms with E-state index in [-0.39, 0.29) is 17.1 Å². The molecule has 0 aliphatic heterocycles. The molecule has 0 fully saturated rings. The topological polar surface area (TPSA) is 124 Å². The molecule has 2 aromatic carbocycles. The summed E-state index contributed by atoms with van der Waals surface area (Å²) in [4.78, 5) is 23.4. The minimum atomic E-state index is -3.34. The normalized spacial score (nSPS) is 11.4. The SMILES string of the molecule is COCc1cc2c(Oc3ccc(S(C)(=O)=O)cc3)cc(C(=O)Nc3cnc(N(C)C)cn3)cc2o1. The third-order valence-corrected chi connectivity index (χ3v) is 6.15. The summed E-state index contributed by atoms with van der Waals surface area (Å²) >= 11 is 0. The lowest BCUT2D eigenvalue weighted by Crippen LogP contribution is -2.15. The number of hydrogen-bond donors (Lipinski definition) is 1. The summed E-state index contributed by atoms with van der Waals surface area (Å²) in [5.74, 6) is 1.83. The Morgan fingerprint density at radius 1 is 1.09 bits per heavy atom. The summed E-state index contributed by atoms with van der Waals surface area (Å²) in [5, 5.41) is 3.35. The van der Waals surface area contributed by atoms with Crippen LogP contribution in [0.4, 0.5) is 11.6 Å². The molecule has 0 unspecified atom stereocenters. The molecule has 4 rings (SSSR count). The molecule has 11 heteroatoms. The number of carbonyl (C=O) groups excluding carboxylic acids is 1. The molecule has 182 valence electrons. The summed E-state index contributed by atoms with van der Waals surface area (Å²) < 4.78 is 40.5. The van der Waals surface area contributed by atoms with Crippen molar-refractivity contribution in [1.82, 2.24) is 9.97 Å². The number of hydrogen-bond acceptors (Lipinski definition) is 9. The third kappa shape index (κ3) is 5.58. The molecule has 2 heterocycles. The van der Waals surface area contributed by atoms with E-state index in [1.165, 1.54) is 18.3 Å². The number of ether oxygens (including phenoxy) is 2. The van der Waals surface area contributed by atoms with Gasteiger partial charge in [0.15, 0.2) is 15.7 Å². The fourth-order valence-electron chi connectivity index (χ4n) is 3.28. The summed E-state index contributed by atoms with van der Waals surface area (Å²) in [5.41, 5.74) is 0.707. The molecule has 35 heavy (non-hydrogen) atoms. The van der Waals surface area contributed by atoms with Gasteiger partial charge in [0, 0.05) is 33.0 Å². The molecule has 0 aliphatic carbocycles. The maximum absolute atomic E-state index is 13.0. The number of furan rings is 1. The number of methoxy groups -OCH3 is 1. The molecule has 0 radical (unpaired) electrons. The molecule has 0 spiro atoms. The number of nitrogens with zero attached hydrogens (tertiary/aromatic N) is 3. The zero-order chi connectivity index (χ0) is 25.2. The van der Waals surface area contributed by atoms with Crippen LogP contribution in [0, 0.1) is 0 Å². The van der Waals surface area contributed by atoms with Crippen molar-refractivity contribution >= 4 is 38.3 Å². The quantitative estimate of drug-likeness (QED) is 0.387. The van der Waals surface area contributed by atoms with Crippen LogP contribution in [0.25, 0.3) is 11.0 Å². The molecule has 2 aromatic heterocycles. The van der Waals surface area contributed by atoms with Gasteiger partial charge < -0.3 is 24.1 Å². The van der Waals surface area contributed by atoms with E-state index in [9.17, 15) is 13.2 Å². The van der Waals surface area contributed by atoms with Gasteiger partial charge >= 0.3 is 0 Å². The molecular formula is C24H24N4O6S. The van der Waals surface area contributed by atoms with Crippen molar-refractivity contribution in [2.45, 2.75) is 11.5 Å². The van der Waals surface area contributed by atoms with Crippen LogP contribution in [0.2, 0.25) is 0 Å². The highest BCUT2D eigenvalue weighted by molar-refractivity contribution is 7.90. The number of anilines is 2. The molecule has 0 saturated heterocycles. The molecule has 0 atom stereocenters. The first kappa shape index (κ1) is 24.2. The second kappa shape index (κ2) is 9.72. The van der Waals surface area contributed by atoms with Crippen LogP contribution in [0.3, 0.4) is 0 Å². The van der Waals surface area contributed by atoms with E-state index in [1.807, 2.05) is 14.1 Å². The predicted molar refractivity (Wildman–Crippen MR) is 131 cm³/mol. The summed E-state index contributed by atoms with van der Waals surface area (Å²) in [7, 11) is 1.90. The third-order valence-electron chi connectivity index (χ3n) is 5.02. The summed E-state index contributed by atoms with van der Waals surface area (Å²) in [6, 6.07) is 11.0. The van der Waals surface area contributed by atoms with Gasteiger partial charge in [-0.25, -0.2) is 18.4 Å². The molecule has 4 aromatic rings. The van der Waals surface area contributed by atoms with Crippen LogP contribution < -0.4 is 15.0 Å². The second-order valence-corrected chi connectivity index (χ2v) is 10.0. The number of rotatable bonds is 8. The number of aromatic nitrogens is 2. The average Bonchev–Trinajstić information content (AvgIpc) is 3.22. The smallest absolute Gasteiger partial charge is 0.257 e. The first-order chi connectivity index (χ1) is 16.6. The van der Waals surface area contributed by atoms with Crippen LogP contribution in [0.1, 0.15) is 16.1 Å². The second-order valence-electron chi connectivity index (χ2n) is 7.99. The first-order valence-corrected chi connectivity index (χ1v) is 12.4. The lowest BCUT2D eigenvalue weighted by atomic mass is 10.1. The Hall–Kier alpha value is -3.96. The van der Waals surface area contributed by atoms with Crippen molar-refractivity contribution in [2.75, 3.05) is 37.7 Å². The Morgan fingerprint density at radius 3 is 2.43 bits per heavy atom. The van der Waals surface area contributed by atoms with E-state index in [2.05, 4.69) is 15.3 Å².